The molecule has 0 atom stereocenters. The highest BCUT2D eigenvalue weighted by Crippen LogP contribution is 2.14. The van der Waals surface area contributed by atoms with Crippen LogP contribution in [0.3, 0.4) is 0 Å². The van der Waals surface area contributed by atoms with Crippen molar-refractivity contribution in [3.63, 3.8) is 0 Å². The topological polar surface area (TPSA) is 82.7 Å². The number of aromatic nitrogens is 3. The molecule has 6 nitrogen and oxygen atoms in total. The molecule has 3 N–H and O–H groups in total. The van der Waals surface area contributed by atoms with Gasteiger partial charge in [-0.05, 0) is 37.3 Å². The van der Waals surface area contributed by atoms with Gasteiger partial charge in [-0.2, -0.15) is 5.10 Å². The van der Waals surface area contributed by atoms with Crippen LogP contribution in [0.5, 0.6) is 0 Å². The first-order chi connectivity index (χ1) is 10.1. The summed E-state index contributed by atoms with van der Waals surface area (Å²) in [7, 11) is 0. The van der Waals surface area contributed by atoms with Crippen LogP contribution in [0, 0.1) is 12.7 Å². The van der Waals surface area contributed by atoms with E-state index in [9.17, 15) is 9.18 Å². The molecule has 3 rings (SSSR count). The lowest BCUT2D eigenvalue weighted by atomic mass is 10.2. The zero-order chi connectivity index (χ0) is 14.8. The quantitative estimate of drug-likeness (QED) is 0.644. The third kappa shape index (κ3) is 2.66. The third-order valence-electron chi connectivity index (χ3n) is 3.03. The summed E-state index contributed by atoms with van der Waals surface area (Å²) in [5.41, 5.74) is 7.64. The highest BCUT2D eigenvalue weighted by atomic mass is 19.1. The average Bonchev–Trinajstić information content (AvgIpc) is 2.87. The summed E-state index contributed by atoms with van der Waals surface area (Å²) in [6.07, 6.45) is 1.45. The van der Waals surface area contributed by atoms with Gasteiger partial charge in [0.25, 0.3) is 5.91 Å². The van der Waals surface area contributed by atoms with Crippen molar-refractivity contribution in [1.29, 1.82) is 0 Å². The summed E-state index contributed by atoms with van der Waals surface area (Å²) in [6, 6.07) is 7.37. The molecule has 7 heteroatoms. The first-order valence-electron chi connectivity index (χ1n) is 6.26. The van der Waals surface area contributed by atoms with Crippen molar-refractivity contribution < 1.29 is 9.18 Å². The van der Waals surface area contributed by atoms with Crippen molar-refractivity contribution in [1.82, 2.24) is 20.6 Å². The van der Waals surface area contributed by atoms with Crippen molar-refractivity contribution >= 4 is 22.6 Å². The Morgan fingerprint density at radius 2 is 2.05 bits per heavy atom. The largest absolute Gasteiger partial charge is 0.298 e. The smallest absolute Gasteiger partial charge is 0.271 e. The number of H-pyrrole nitrogens is 1. The average molecular weight is 285 g/mol. The van der Waals surface area contributed by atoms with Crippen LogP contribution >= 0.6 is 0 Å². The molecule has 2 heterocycles. The fourth-order valence-electron chi connectivity index (χ4n) is 1.88. The second-order valence-corrected chi connectivity index (χ2v) is 4.53. The van der Waals surface area contributed by atoms with E-state index in [1.54, 1.807) is 6.07 Å². The summed E-state index contributed by atoms with van der Waals surface area (Å²) in [6.45, 7) is 1.86. The van der Waals surface area contributed by atoms with E-state index >= 15 is 0 Å². The van der Waals surface area contributed by atoms with E-state index in [0.717, 1.165) is 11.1 Å². The van der Waals surface area contributed by atoms with E-state index in [1.165, 1.54) is 30.5 Å². The predicted molar refractivity (Wildman–Crippen MR) is 76.1 cm³/mol. The SMILES string of the molecule is Cc1[nH]nc2ncc(C(=O)NNc3ccc(F)cc3)cc12. The molecule has 0 saturated carbocycles. The number of pyridine rings is 1. The molecular weight excluding hydrogens is 273 g/mol. The molecule has 0 saturated heterocycles. The van der Waals surface area contributed by atoms with Crippen molar-refractivity contribution in [2.24, 2.45) is 0 Å². The van der Waals surface area contributed by atoms with Crippen LogP contribution in [0.25, 0.3) is 11.0 Å². The molecule has 0 radical (unpaired) electrons. The molecule has 3 aromatic rings. The fraction of sp³-hybridized carbons (Fsp3) is 0.0714. The monoisotopic (exact) mass is 285 g/mol. The lowest BCUT2D eigenvalue weighted by Gasteiger charge is -2.08. The highest BCUT2D eigenvalue weighted by Gasteiger charge is 2.09. The summed E-state index contributed by atoms with van der Waals surface area (Å²) in [5, 5.41) is 7.61. The van der Waals surface area contributed by atoms with Gasteiger partial charge >= 0.3 is 0 Å². The van der Waals surface area contributed by atoms with Crippen molar-refractivity contribution in [2.45, 2.75) is 6.92 Å². The van der Waals surface area contributed by atoms with Crippen LogP contribution in [-0.4, -0.2) is 21.1 Å². The van der Waals surface area contributed by atoms with E-state index in [0.29, 0.717) is 16.9 Å². The second-order valence-electron chi connectivity index (χ2n) is 4.53. The number of benzene rings is 1. The number of rotatable bonds is 3. The standard InChI is InChI=1S/C14H12FN5O/c1-8-12-6-9(7-16-13(12)19-17-8)14(21)20-18-11-4-2-10(15)3-5-11/h2-7,18H,1H3,(H,20,21)(H,16,17,19). The minimum Gasteiger partial charge on any atom is -0.298 e. The first-order valence-corrected chi connectivity index (χ1v) is 6.26. The summed E-state index contributed by atoms with van der Waals surface area (Å²) in [4.78, 5) is 16.2. The third-order valence-corrected chi connectivity index (χ3v) is 3.03. The van der Waals surface area contributed by atoms with Crippen molar-refractivity contribution in [3.05, 3.63) is 53.6 Å². The van der Waals surface area contributed by atoms with Gasteiger partial charge in [-0.25, -0.2) is 9.37 Å². The number of nitrogens with zero attached hydrogens (tertiary/aromatic N) is 2. The highest BCUT2D eigenvalue weighted by molar-refractivity contribution is 5.97. The van der Waals surface area contributed by atoms with E-state index in [4.69, 9.17) is 0 Å². The zero-order valence-electron chi connectivity index (χ0n) is 11.1. The minimum atomic E-state index is -0.339. The molecule has 0 aliphatic rings. The molecule has 21 heavy (non-hydrogen) atoms. The number of aryl methyl sites for hydroxylation is 1. The number of hydrogen-bond acceptors (Lipinski definition) is 4. The van der Waals surface area contributed by atoms with Crippen molar-refractivity contribution in [3.8, 4) is 0 Å². The number of amides is 1. The first kappa shape index (κ1) is 13.0. The molecule has 1 aromatic carbocycles. The zero-order valence-corrected chi connectivity index (χ0v) is 11.1. The van der Waals surface area contributed by atoms with Crippen LogP contribution in [-0.2, 0) is 0 Å². The Balaban J connectivity index is 1.74. The number of aromatic amines is 1. The Bertz CT molecular complexity index is 797. The lowest BCUT2D eigenvalue weighted by molar-refractivity contribution is 0.0962. The van der Waals surface area contributed by atoms with Gasteiger partial charge in [0.1, 0.15) is 5.82 Å². The molecule has 106 valence electrons. The predicted octanol–water partition coefficient (Wildman–Crippen LogP) is 2.16. The normalized spacial score (nSPS) is 10.6. The molecule has 2 aromatic heterocycles. The van der Waals surface area contributed by atoms with Gasteiger partial charge in [0, 0.05) is 17.3 Å². The molecule has 1 amide bonds. The van der Waals surface area contributed by atoms with Crippen LogP contribution in [0.1, 0.15) is 16.1 Å². The summed E-state index contributed by atoms with van der Waals surface area (Å²) >= 11 is 0. The van der Waals surface area contributed by atoms with Crippen molar-refractivity contribution in [2.75, 3.05) is 5.43 Å². The second kappa shape index (κ2) is 5.20. The maximum absolute atomic E-state index is 12.8. The van der Waals surface area contributed by atoms with Gasteiger partial charge in [0.15, 0.2) is 5.65 Å². The van der Waals surface area contributed by atoms with Gasteiger partial charge in [-0.15, -0.1) is 0 Å². The van der Waals surface area contributed by atoms with Gasteiger partial charge in [0.2, 0.25) is 0 Å². The van der Waals surface area contributed by atoms with Crippen LogP contribution in [0.2, 0.25) is 0 Å². The summed E-state index contributed by atoms with van der Waals surface area (Å²) < 4.78 is 12.8. The number of nitrogens with one attached hydrogen (secondary N) is 3. The maximum Gasteiger partial charge on any atom is 0.271 e. The molecule has 0 aliphatic heterocycles. The van der Waals surface area contributed by atoms with Gasteiger partial charge in [-0.3, -0.25) is 20.7 Å². The lowest BCUT2D eigenvalue weighted by Crippen LogP contribution is -2.29. The summed E-state index contributed by atoms with van der Waals surface area (Å²) in [5.74, 6) is -0.675. The Hall–Kier alpha value is -2.96. The van der Waals surface area contributed by atoms with Gasteiger partial charge < -0.3 is 0 Å². The fourth-order valence-corrected chi connectivity index (χ4v) is 1.88. The Morgan fingerprint density at radius 1 is 1.29 bits per heavy atom. The minimum absolute atomic E-state index is 0.336. The molecule has 0 aliphatic carbocycles. The number of fused-ring (bicyclic) bond motifs is 1. The number of carbonyl (C=O) groups excluding carboxylic acids is 1. The van der Waals surface area contributed by atoms with Crippen LogP contribution in [0.15, 0.2) is 36.5 Å². The molecule has 0 bridgehead atoms. The van der Waals surface area contributed by atoms with Crippen LogP contribution in [0.4, 0.5) is 10.1 Å². The van der Waals surface area contributed by atoms with E-state index < -0.39 is 0 Å². The van der Waals surface area contributed by atoms with Gasteiger partial charge in [0.05, 0.1) is 11.3 Å². The molecule has 0 unspecified atom stereocenters. The number of hydrogen-bond donors (Lipinski definition) is 3. The molecule has 0 spiro atoms. The Kier molecular flexibility index (Phi) is 3.23. The Labute approximate surface area is 119 Å². The number of carbonyl (C=O) groups is 1. The number of halogens is 1. The van der Waals surface area contributed by atoms with E-state index in [1.807, 2.05) is 6.92 Å². The number of hydrazine groups is 1. The van der Waals surface area contributed by atoms with Crippen LogP contribution < -0.4 is 10.9 Å². The van der Waals surface area contributed by atoms with Gasteiger partial charge in [-0.1, -0.05) is 0 Å². The van der Waals surface area contributed by atoms with E-state index in [2.05, 4.69) is 26.0 Å². The Morgan fingerprint density at radius 3 is 2.81 bits per heavy atom. The molecule has 0 fully saturated rings. The van der Waals surface area contributed by atoms with E-state index in [-0.39, 0.29) is 11.7 Å². The number of anilines is 1. The molecular formula is C14H12FN5O. The maximum atomic E-state index is 12.8.